The maximum absolute atomic E-state index is 14.5. The first-order valence-electron chi connectivity index (χ1n) is 10.8. The number of nitrogens with one attached hydrogen (secondary N) is 2. The van der Waals surface area contributed by atoms with Gasteiger partial charge in [-0.05, 0) is 24.6 Å². The summed E-state index contributed by atoms with van der Waals surface area (Å²) < 4.78 is 66.5. The zero-order chi connectivity index (χ0) is 27.1. The number of ether oxygens (including phenoxy) is 2. The minimum absolute atomic E-state index is 0.00877. The molecule has 0 aliphatic carbocycles. The monoisotopic (exact) mass is 519 g/mol. The summed E-state index contributed by atoms with van der Waals surface area (Å²) >= 11 is 0. The Labute approximate surface area is 208 Å². The van der Waals surface area contributed by atoms with Crippen molar-refractivity contribution >= 4 is 23.5 Å². The van der Waals surface area contributed by atoms with Gasteiger partial charge < -0.3 is 25.0 Å². The number of anilines is 2. The summed E-state index contributed by atoms with van der Waals surface area (Å²) in [6.07, 6.45) is -4.37. The second kappa shape index (κ2) is 9.56. The molecule has 0 fully saturated rings. The van der Waals surface area contributed by atoms with Gasteiger partial charge in [-0.15, -0.1) is 0 Å². The Morgan fingerprint density at radius 3 is 2.57 bits per heavy atom. The first-order valence-corrected chi connectivity index (χ1v) is 10.8. The van der Waals surface area contributed by atoms with Gasteiger partial charge in [-0.1, -0.05) is 12.1 Å². The molecule has 2 N–H and O–H groups in total. The number of benzene rings is 2. The third-order valence-corrected chi connectivity index (χ3v) is 5.90. The zero-order valence-electron chi connectivity index (χ0n) is 20.0. The van der Waals surface area contributed by atoms with Crippen LogP contribution in [0, 0.1) is 5.82 Å². The number of carbonyl (C=O) groups is 2. The Morgan fingerprint density at radius 2 is 1.92 bits per heavy atom. The van der Waals surface area contributed by atoms with Crippen molar-refractivity contribution in [1.82, 2.24) is 20.2 Å². The van der Waals surface area contributed by atoms with Crippen LogP contribution in [0.2, 0.25) is 0 Å². The van der Waals surface area contributed by atoms with E-state index in [0.29, 0.717) is 11.8 Å². The fourth-order valence-electron chi connectivity index (χ4n) is 3.82. The molecule has 37 heavy (non-hydrogen) atoms. The number of hydrogen-bond donors (Lipinski definition) is 2. The quantitative estimate of drug-likeness (QED) is 0.456. The van der Waals surface area contributed by atoms with Crippen LogP contribution in [0.5, 0.6) is 17.4 Å². The normalized spacial score (nSPS) is 14.9. The van der Waals surface area contributed by atoms with Crippen LogP contribution in [0.1, 0.15) is 44.8 Å². The average Bonchev–Trinajstić information content (AvgIpc) is 3.07. The van der Waals surface area contributed by atoms with Crippen LogP contribution in [0.15, 0.2) is 36.5 Å². The lowest BCUT2D eigenvalue weighted by atomic mass is 10.1. The van der Waals surface area contributed by atoms with Gasteiger partial charge in [0.1, 0.15) is 22.9 Å². The molecule has 1 aromatic heterocycles. The molecule has 1 atom stereocenters. The lowest BCUT2D eigenvalue weighted by molar-refractivity contribution is -0.139. The number of carbonyl (C=O) groups excluding carboxylic acids is 2. The topological polar surface area (TPSA) is 106 Å². The summed E-state index contributed by atoms with van der Waals surface area (Å²) in [7, 11) is 4.16. The molecule has 0 bridgehead atoms. The van der Waals surface area contributed by atoms with Gasteiger partial charge in [0.2, 0.25) is 11.8 Å². The number of halogens is 4. The van der Waals surface area contributed by atoms with Gasteiger partial charge in [-0.2, -0.15) is 18.2 Å². The van der Waals surface area contributed by atoms with Crippen LogP contribution in [-0.2, 0) is 6.18 Å². The molecule has 13 heteroatoms. The Hall–Kier alpha value is -4.42. The van der Waals surface area contributed by atoms with Crippen molar-refractivity contribution < 1.29 is 36.6 Å². The Kier molecular flexibility index (Phi) is 6.63. The number of aromatic nitrogens is 2. The van der Waals surface area contributed by atoms with Crippen LogP contribution in [0.3, 0.4) is 0 Å². The second-order valence-electron chi connectivity index (χ2n) is 8.06. The van der Waals surface area contributed by atoms with Gasteiger partial charge in [0.25, 0.3) is 11.8 Å². The second-order valence-corrected chi connectivity index (χ2v) is 8.06. The minimum Gasteiger partial charge on any atom is -0.495 e. The van der Waals surface area contributed by atoms with Crippen LogP contribution in [0.4, 0.5) is 29.2 Å². The van der Waals surface area contributed by atoms with Crippen LogP contribution >= 0.6 is 0 Å². The number of methoxy groups -OCH3 is 1. The lowest BCUT2D eigenvalue weighted by Gasteiger charge is -2.16. The van der Waals surface area contributed by atoms with Crippen molar-refractivity contribution in [3.63, 3.8) is 0 Å². The van der Waals surface area contributed by atoms with Gasteiger partial charge in [-0.3, -0.25) is 9.59 Å². The van der Waals surface area contributed by atoms with E-state index >= 15 is 0 Å². The fraction of sp³-hybridized carbons (Fsp3) is 0.250. The van der Waals surface area contributed by atoms with Crippen molar-refractivity contribution in [1.29, 1.82) is 0 Å². The standard InChI is InChI=1S/C24H21F4N5O4/c1-11-12-6-5-7-17(19(12)22(35)33(11)3)37-21-14(24(26,27)28)10-30-23(32-21)31-16-9-15(25)13(20(34)29-2)8-18(16)36-4/h5-11H,1-4H3,(H,29,34)(H,30,31,32). The molecule has 194 valence electrons. The Balaban J connectivity index is 1.75. The molecular formula is C24H21F4N5O4. The highest BCUT2D eigenvalue weighted by Gasteiger charge is 2.38. The van der Waals surface area contributed by atoms with Crippen molar-refractivity contribution in [3.8, 4) is 17.4 Å². The van der Waals surface area contributed by atoms with Crippen LogP contribution < -0.4 is 20.1 Å². The van der Waals surface area contributed by atoms with Gasteiger partial charge in [0.15, 0.2) is 0 Å². The molecular weight excluding hydrogens is 498 g/mol. The number of alkyl halides is 3. The predicted octanol–water partition coefficient (Wildman–Crippen LogP) is 4.69. The molecule has 4 rings (SSSR count). The molecule has 0 radical (unpaired) electrons. The van der Waals surface area contributed by atoms with E-state index in [1.807, 2.05) is 0 Å². The fourth-order valence-corrected chi connectivity index (χ4v) is 3.82. The van der Waals surface area contributed by atoms with Gasteiger partial charge in [0, 0.05) is 26.4 Å². The maximum Gasteiger partial charge on any atom is 0.423 e. The van der Waals surface area contributed by atoms with Crippen LogP contribution in [0.25, 0.3) is 0 Å². The third-order valence-electron chi connectivity index (χ3n) is 5.90. The molecule has 0 saturated heterocycles. The number of amides is 2. The van der Waals surface area contributed by atoms with Crippen LogP contribution in [-0.4, -0.2) is 47.9 Å². The molecule has 1 aliphatic rings. The maximum atomic E-state index is 14.5. The van der Waals surface area contributed by atoms with E-state index in [4.69, 9.17) is 9.47 Å². The number of nitrogens with zero attached hydrogens (tertiary/aromatic N) is 3. The van der Waals surface area contributed by atoms with E-state index in [0.717, 1.165) is 12.1 Å². The van der Waals surface area contributed by atoms with E-state index in [2.05, 4.69) is 20.6 Å². The lowest BCUT2D eigenvalue weighted by Crippen LogP contribution is -2.21. The SMILES string of the molecule is CNC(=O)c1cc(OC)c(Nc2ncc(C(F)(F)F)c(Oc3cccc4c3C(=O)N(C)C4C)n2)cc1F. The highest BCUT2D eigenvalue weighted by atomic mass is 19.4. The first-order chi connectivity index (χ1) is 17.5. The summed E-state index contributed by atoms with van der Waals surface area (Å²) in [5, 5.41) is 4.88. The van der Waals surface area contributed by atoms with Crippen molar-refractivity contribution in [3.05, 3.63) is 64.6 Å². The van der Waals surface area contributed by atoms with E-state index < -0.39 is 35.3 Å². The number of rotatable bonds is 6. The van der Waals surface area contributed by atoms with E-state index in [1.54, 1.807) is 26.1 Å². The molecule has 2 amide bonds. The number of fused-ring (bicyclic) bond motifs is 1. The van der Waals surface area contributed by atoms with Crippen molar-refractivity contribution in [2.24, 2.45) is 0 Å². The van der Waals surface area contributed by atoms with Gasteiger partial charge in [0.05, 0.1) is 30.0 Å². The van der Waals surface area contributed by atoms with Gasteiger partial charge in [-0.25, -0.2) is 9.37 Å². The molecule has 1 unspecified atom stereocenters. The average molecular weight is 519 g/mol. The molecule has 2 aromatic carbocycles. The van der Waals surface area contributed by atoms with E-state index in [-0.39, 0.29) is 40.3 Å². The summed E-state index contributed by atoms with van der Waals surface area (Å²) in [6, 6.07) is 6.37. The molecule has 0 spiro atoms. The molecule has 9 nitrogen and oxygen atoms in total. The summed E-state index contributed by atoms with van der Waals surface area (Å²) in [4.78, 5) is 33.5. The predicted molar refractivity (Wildman–Crippen MR) is 124 cm³/mol. The summed E-state index contributed by atoms with van der Waals surface area (Å²) in [6.45, 7) is 1.78. The molecule has 0 saturated carbocycles. The van der Waals surface area contributed by atoms with Crippen molar-refractivity contribution in [2.45, 2.75) is 19.1 Å². The Morgan fingerprint density at radius 1 is 1.19 bits per heavy atom. The van der Waals surface area contributed by atoms with E-state index in [9.17, 15) is 27.2 Å². The third kappa shape index (κ3) is 4.71. The van der Waals surface area contributed by atoms with E-state index in [1.165, 1.54) is 25.1 Å². The first kappa shape index (κ1) is 25.7. The molecule has 1 aliphatic heterocycles. The smallest absolute Gasteiger partial charge is 0.423 e. The highest BCUT2D eigenvalue weighted by Crippen LogP contribution is 2.42. The zero-order valence-corrected chi connectivity index (χ0v) is 20.0. The largest absolute Gasteiger partial charge is 0.495 e. The number of hydrogen-bond acceptors (Lipinski definition) is 7. The summed E-state index contributed by atoms with van der Waals surface area (Å²) in [5.41, 5.74) is -0.904. The van der Waals surface area contributed by atoms with Crippen molar-refractivity contribution in [2.75, 3.05) is 26.5 Å². The summed E-state index contributed by atoms with van der Waals surface area (Å²) in [5.74, 6) is -3.36. The Bertz CT molecular complexity index is 1400. The van der Waals surface area contributed by atoms with Gasteiger partial charge >= 0.3 is 6.18 Å². The molecule has 3 aromatic rings. The highest BCUT2D eigenvalue weighted by molar-refractivity contribution is 6.01. The minimum atomic E-state index is -4.88. The molecule has 2 heterocycles.